The van der Waals surface area contributed by atoms with Gasteiger partial charge < -0.3 is 15.1 Å². The third kappa shape index (κ3) is 6.22. The maximum atomic E-state index is 13.1. The first kappa shape index (κ1) is 25.9. The Balaban J connectivity index is 1.90. The van der Waals surface area contributed by atoms with E-state index in [1.165, 1.54) is 22.5 Å². The van der Waals surface area contributed by atoms with Crippen LogP contribution in [0.3, 0.4) is 0 Å². The van der Waals surface area contributed by atoms with E-state index >= 15 is 0 Å². The van der Waals surface area contributed by atoms with E-state index in [2.05, 4.69) is 22.0 Å². The average Bonchev–Trinajstić information content (AvgIpc) is 2.84. The summed E-state index contributed by atoms with van der Waals surface area (Å²) >= 11 is 0. The molecule has 0 unspecified atom stereocenters. The van der Waals surface area contributed by atoms with Gasteiger partial charge in [0.25, 0.3) is 0 Å². The zero-order valence-corrected chi connectivity index (χ0v) is 20.8. The first-order valence-corrected chi connectivity index (χ1v) is 13.1. The Morgan fingerprint density at radius 2 is 1.68 bits per heavy atom. The van der Waals surface area contributed by atoms with Crippen LogP contribution in [0.25, 0.3) is 6.08 Å². The molecular weight excluding hydrogens is 455 g/mol. The molecule has 0 saturated carbocycles. The van der Waals surface area contributed by atoms with E-state index in [9.17, 15) is 17.6 Å². The van der Waals surface area contributed by atoms with Crippen LogP contribution < -0.4 is 10.2 Å². The summed E-state index contributed by atoms with van der Waals surface area (Å²) in [5.74, 6) is -0.740. The molecule has 1 N–H and O–H groups in total. The molecule has 0 aliphatic carbocycles. The lowest BCUT2D eigenvalue weighted by molar-refractivity contribution is -0.111. The zero-order valence-electron chi connectivity index (χ0n) is 20.0. The highest BCUT2D eigenvalue weighted by atomic mass is 32.2. The number of likely N-dealkylation sites (N-methyl/N-ethyl adjacent to an activating group) is 1. The van der Waals surface area contributed by atoms with Crippen LogP contribution in [0, 0.1) is 5.82 Å². The Bertz CT molecular complexity index is 1110. The molecule has 9 heteroatoms. The van der Waals surface area contributed by atoms with Gasteiger partial charge in [-0.1, -0.05) is 32.9 Å². The molecule has 1 aliphatic heterocycles. The van der Waals surface area contributed by atoms with E-state index < -0.39 is 15.9 Å². The van der Waals surface area contributed by atoms with Gasteiger partial charge in [-0.3, -0.25) is 4.79 Å². The summed E-state index contributed by atoms with van der Waals surface area (Å²) in [5, 5.41) is 2.86. The minimum absolute atomic E-state index is 0.143. The van der Waals surface area contributed by atoms with E-state index in [0.29, 0.717) is 24.3 Å². The van der Waals surface area contributed by atoms with Gasteiger partial charge in [0.15, 0.2) is 0 Å². The maximum Gasteiger partial charge on any atom is 0.248 e. The van der Waals surface area contributed by atoms with Crippen LogP contribution in [0.15, 0.2) is 53.4 Å². The van der Waals surface area contributed by atoms with Crippen molar-refractivity contribution >= 4 is 33.4 Å². The lowest BCUT2D eigenvalue weighted by Crippen LogP contribution is -2.46. The predicted octanol–water partition coefficient (Wildman–Crippen LogP) is 3.65. The lowest BCUT2D eigenvalue weighted by Gasteiger charge is -2.36. The SMILES string of the molecule is CCN1CCN(c2ccc(S(=O)(=O)N(CC)CC)cc2NC(=O)/C=C/c2ccc(F)cc2)CC1. The summed E-state index contributed by atoms with van der Waals surface area (Å²) in [5.41, 5.74) is 1.93. The van der Waals surface area contributed by atoms with E-state index in [1.54, 1.807) is 50.3 Å². The van der Waals surface area contributed by atoms with Crippen LogP contribution in [0.1, 0.15) is 26.3 Å². The number of rotatable bonds is 9. The van der Waals surface area contributed by atoms with Crippen LogP contribution >= 0.6 is 0 Å². The second-order valence-corrected chi connectivity index (χ2v) is 10.0. The second kappa shape index (κ2) is 11.6. The second-order valence-electron chi connectivity index (χ2n) is 8.06. The number of piperazine rings is 1. The smallest absolute Gasteiger partial charge is 0.248 e. The van der Waals surface area contributed by atoms with Gasteiger partial charge in [0.2, 0.25) is 15.9 Å². The summed E-state index contributed by atoms with van der Waals surface area (Å²) < 4.78 is 40.7. The standard InChI is InChI=1S/C25H33FN4O3S/c1-4-28-15-17-29(18-16-28)24-13-12-22(34(32,33)30(5-2)6-3)19-23(24)27-25(31)14-9-20-7-10-21(26)11-8-20/h7-14,19H,4-6,15-18H2,1-3H3,(H,27,31)/b14-9+. The van der Waals surface area contributed by atoms with Crippen molar-refractivity contribution in [1.82, 2.24) is 9.21 Å². The van der Waals surface area contributed by atoms with Crippen molar-refractivity contribution in [2.75, 3.05) is 56.0 Å². The monoisotopic (exact) mass is 488 g/mol. The molecule has 1 heterocycles. The number of carbonyl (C=O) groups excluding carboxylic acids is 1. The molecule has 1 aliphatic rings. The Labute approximate surface area is 201 Å². The summed E-state index contributed by atoms with van der Waals surface area (Å²) in [7, 11) is -3.68. The van der Waals surface area contributed by atoms with Crippen LogP contribution in [0.2, 0.25) is 0 Å². The Hall–Kier alpha value is -2.75. The number of nitrogens with one attached hydrogen (secondary N) is 1. The molecule has 1 fully saturated rings. The Morgan fingerprint density at radius 3 is 2.26 bits per heavy atom. The van der Waals surface area contributed by atoms with Gasteiger partial charge in [-0.05, 0) is 48.5 Å². The number of benzene rings is 2. The molecule has 0 radical (unpaired) electrons. The number of anilines is 2. The van der Waals surface area contributed by atoms with E-state index in [1.807, 2.05) is 0 Å². The number of carbonyl (C=O) groups is 1. The number of sulfonamides is 1. The quantitative estimate of drug-likeness (QED) is 0.546. The van der Waals surface area contributed by atoms with Gasteiger partial charge in [0.1, 0.15) is 5.82 Å². The number of amides is 1. The van der Waals surface area contributed by atoms with E-state index in [4.69, 9.17) is 0 Å². The summed E-state index contributed by atoms with van der Waals surface area (Å²) in [6.45, 7) is 10.8. The molecule has 7 nitrogen and oxygen atoms in total. The first-order valence-electron chi connectivity index (χ1n) is 11.6. The third-order valence-corrected chi connectivity index (χ3v) is 8.07. The number of nitrogens with zero attached hydrogens (tertiary/aromatic N) is 3. The summed E-state index contributed by atoms with van der Waals surface area (Å²) in [4.78, 5) is 17.4. The molecule has 0 aromatic heterocycles. The molecule has 0 atom stereocenters. The molecule has 1 saturated heterocycles. The van der Waals surface area contributed by atoms with Crippen molar-refractivity contribution in [3.8, 4) is 0 Å². The normalized spacial score (nSPS) is 15.3. The number of hydrogen-bond acceptors (Lipinski definition) is 5. The van der Waals surface area contributed by atoms with Gasteiger partial charge in [-0.15, -0.1) is 0 Å². The zero-order chi connectivity index (χ0) is 24.7. The number of hydrogen-bond donors (Lipinski definition) is 1. The lowest BCUT2D eigenvalue weighted by atomic mass is 10.2. The van der Waals surface area contributed by atoms with E-state index in [0.717, 1.165) is 38.4 Å². The largest absolute Gasteiger partial charge is 0.367 e. The van der Waals surface area contributed by atoms with Crippen molar-refractivity contribution in [3.63, 3.8) is 0 Å². The van der Waals surface area contributed by atoms with Gasteiger partial charge in [0, 0.05) is 45.3 Å². The molecule has 2 aromatic rings. The topological polar surface area (TPSA) is 73.0 Å². The molecule has 184 valence electrons. The average molecular weight is 489 g/mol. The molecular formula is C25H33FN4O3S. The van der Waals surface area contributed by atoms with Gasteiger partial charge in [0.05, 0.1) is 16.3 Å². The highest BCUT2D eigenvalue weighted by Gasteiger charge is 2.25. The van der Waals surface area contributed by atoms with E-state index in [-0.39, 0.29) is 10.7 Å². The molecule has 0 spiro atoms. The van der Waals surface area contributed by atoms with Crippen LogP contribution in [-0.2, 0) is 14.8 Å². The van der Waals surface area contributed by atoms with Crippen LogP contribution in [-0.4, -0.2) is 69.3 Å². The van der Waals surface area contributed by atoms with Crippen LogP contribution in [0.5, 0.6) is 0 Å². The third-order valence-electron chi connectivity index (χ3n) is 6.03. The predicted molar refractivity (Wildman–Crippen MR) is 135 cm³/mol. The van der Waals surface area contributed by atoms with Crippen molar-refractivity contribution in [2.45, 2.75) is 25.7 Å². The molecule has 34 heavy (non-hydrogen) atoms. The van der Waals surface area contributed by atoms with Crippen molar-refractivity contribution in [3.05, 3.63) is 59.9 Å². The molecule has 3 rings (SSSR count). The molecule has 0 bridgehead atoms. The Morgan fingerprint density at radius 1 is 1.03 bits per heavy atom. The minimum Gasteiger partial charge on any atom is -0.367 e. The first-order chi connectivity index (χ1) is 16.3. The molecule has 1 amide bonds. The maximum absolute atomic E-state index is 13.1. The fourth-order valence-corrected chi connectivity index (χ4v) is 5.47. The summed E-state index contributed by atoms with van der Waals surface area (Å²) in [6, 6.07) is 10.7. The van der Waals surface area contributed by atoms with Gasteiger partial charge in [-0.2, -0.15) is 4.31 Å². The highest BCUT2D eigenvalue weighted by molar-refractivity contribution is 7.89. The van der Waals surface area contributed by atoms with Crippen LogP contribution in [0.4, 0.5) is 15.8 Å². The highest BCUT2D eigenvalue weighted by Crippen LogP contribution is 2.31. The fraction of sp³-hybridized carbons (Fsp3) is 0.400. The van der Waals surface area contributed by atoms with Crippen molar-refractivity contribution in [1.29, 1.82) is 0 Å². The summed E-state index contributed by atoms with van der Waals surface area (Å²) in [6.07, 6.45) is 2.95. The Kier molecular flexibility index (Phi) is 8.82. The number of halogens is 1. The van der Waals surface area contributed by atoms with Gasteiger partial charge in [-0.25, -0.2) is 12.8 Å². The van der Waals surface area contributed by atoms with Gasteiger partial charge >= 0.3 is 0 Å². The van der Waals surface area contributed by atoms with Crippen molar-refractivity contribution in [2.24, 2.45) is 0 Å². The fourth-order valence-electron chi connectivity index (χ4n) is 3.99. The molecule has 2 aromatic carbocycles. The minimum atomic E-state index is -3.68. The van der Waals surface area contributed by atoms with Crippen molar-refractivity contribution < 1.29 is 17.6 Å².